The normalized spacial score (nSPS) is 11.5. The minimum atomic E-state index is -0.103. The number of anilines is 1. The van der Waals surface area contributed by atoms with E-state index >= 15 is 0 Å². The SMILES string of the molecule is CC(C)(c1ccccc1)c1nc(-c2ccccc2N)cs1. The zero-order valence-electron chi connectivity index (χ0n) is 12.2. The molecule has 0 bridgehead atoms. The van der Waals surface area contributed by atoms with Gasteiger partial charge in [0.2, 0.25) is 0 Å². The molecule has 106 valence electrons. The highest BCUT2D eigenvalue weighted by Crippen LogP contribution is 2.36. The molecule has 0 aliphatic rings. The summed E-state index contributed by atoms with van der Waals surface area (Å²) in [6.07, 6.45) is 0. The maximum atomic E-state index is 6.05. The first-order chi connectivity index (χ1) is 10.1. The van der Waals surface area contributed by atoms with E-state index in [2.05, 4.69) is 43.5 Å². The molecule has 21 heavy (non-hydrogen) atoms. The van der Waals surface area contributed by atoms with Gasteiger partial charge in [0.15, 0.2) is 0 Å². The summed E-state index contributed by atoms with van der Waals surface area (Å²) in [6, 6.07) is 18.3. The van der Waals surface area contributed by atoms with E-state index in [9.17, 15) is 0 Å². The van der Waals surface area contributed by atoms with E-state index in [-0.39, 0.29) is 5.41 Å². The molecule has 0 radical (unpaired) electrons. The fourth-order valence-electron chi connectivity index (χ4n) is 2.39. The molecule has 0 aliphatic heterocycles. The van der Waals surface area contributed by atoms with Crippen molar-refractivity contribution in [1.82, 2.24) is 4.98 Å². The standard InChI is InChI=1S/C18H18N2S/c1-18(2,13-8-4-3-5-9-13)17-20-16(12-21-17)14-10-6-7-11-15(14)19/h3-12H,19H2,1-2H3. The van der Waals surface area contributed by atoms with Crippen LogP contribution in [-0.4, -0.2) is 4.98 Å². The Bertz CT molecular complexity index is 745. The minimum absolute atomic E-state index is 0.103. The van der Waals surface area contributed by atoms with E-state index in [1.807, 2.05) is 30.3 Å². The van der Waals surface area contributed by atoms with Crippen LogP contribution in [0.3, 0.4) is 0 Å². The summed E-state index contributed by atoms with van der Waals surface area (Å²) in [5.74, 6) is 0. The molecule has 1 heterocycles. The lowest BCUT2D eigenvalue weighted by Gasteiger charge is -2.22. The van der Waals surface area contributed by atoms with Crippen LogP contribution in [0.5, 0.6) is 0 Å². The summed E-state index contributed by atoms with van der Waals surface area (Å²) in [7, 11) is 0. The average molecular weight is 294 g/mol. The predicted molar refractivity (Wildman–Crippen MR) is 90.5 cm³/mol. The van der Waals surface area contributed by atoms with E-state index in [4.69, 9.17) is 10.7 Å². The van der Waals surface area contributed by atoms with Gasteiger partial charge in [-0.25, -0.2) is 4.98 Å². The third-order valence-electron chi connectivity index (χ3n) is 3.77. The molecule has 3 heteroatoms. The highest BCUT2D eigenvalue weighted by Gasteiger charge is 2.26. The molecule has 3 rings (SSSR count). The largest absolute Gasteiger partial charge is 0.398 e. The van der Waals surface area contributed by atoms with Crippen LogP contribution in [0.1, 0.15) is 24.4 Å². The number of benzene rings is 2. The molecule has 0 spiro atoms. The van der Waals surface area contributed by atoms with Crippen molar-refractivity contribution >= 4 is 17.0 Å². The van der Waals surface area contributed by atoms with E-state index < -0.39 is 0 Å². The van der Waals surface area contributed by atoms with Crippen LogP contribution in [-0.2, 0) is 5.41 Å². The van der Waals surface area contributed by atoms with Crippen molar-refractivity contribution in [3.8, 4) is 11.3 Å². The second-order valence-corrected chi connectivity index (χ2v) is 6.47. The number of nitrogen functional groups attached to an aromatic ring is 1. The number of para-hydroxylation sites is 1. The first kappa shape index (κ1) is 13.8. The average Bonchev–Trinajstić information content (AvgIpc) is 2.99. The van der Waals surface area contributed by atoms with E-state index in [0.717, 1.165) is 22.0 Å². The first-order valence-corrected chi connectivity index (χ1v) is 7.83. The number of thiazole rings is 1. The molecule has 0 amide bonds. The lowest BCUT2D eigenvalue weighted by molar-refractivity contribution is 0.635. The maximum absolute atomic E-state index is 6.05. The lowest BCUT2D eigenvalue weighted by atomic mass is 9.85. The van der Waals surface area contributed by atoms with Crippen molar-refractivity contribution in [2.24, 2.45) is 0 Å². The van der Waals surface area contributed by atoms with Crippen molar-refractivity contribution in [2.75, 3.05) is 5.73 Å². The Morgan fingerprint density at radius 2 is 1.62 bits per heavy atom. The Hall–Kier alpha value is -2.13. The molecular formula is C18H18N2S. The van der Waals surface area contributed by atoms with E-state index in [1.54, 1.807) is 11.3 Å². The number of aromatic nitrogens is 1. The summed E-state index contributed by atoms with van der Waals surface area (Å²) in [6.45, 7) is 4.42. The van der Waals surface area contributed by atoms with Gasteiger partial charge >= 0.3 is 0 Å². The molecule has 2 nitrogen and oxygen atoms in total. The van der Waals surface area contributed by atoms with Gasteiger partial charge in [0.25, 0.3) is 0 Å². The van der Waals surface area contributed by atoms with Crippen molar-refractivity contribution in [3.63, 3.8) is 0 Å². The van der Waals surface area contributed by atoms with Crippen LogP contribution in [0.25, 0.3) is 11.3 Å². The smallest absolute Gasteiger partial charge is 0.103 e. The summed E-state index contributed by atoms with van der Waals surface area (Å²) in [4.78, 5) is 4.83. The molecule has 2 N–H and O–H groups in total. The Morgan fingerprint density at radius 3 is 2.33 bits per heavy atom. The van der Waals surface area contributed by atoms with Gasteiger partial charge in [-0.15, -0.1) is 11.3 Å². The van der Waals surface area contributed by atoms with Gasteiger partial charge in [-0.05, 0) is 25.5 Å². The molecule has 0 unspecified atom stereocenters. The summed E-state index contributed by atoms with van der Waals surface area (Å²) >= 11 is 1.69. The molecule has 1 aromatic heterocycles. The molecule has 0 saturated carbocycles. The minimum Gasteiger partial charge on any atom is -0.398 e. The molecular weight excluding hydrogens is 276 g/mol. The maximum Gasteiger partial charge on any atom is 0.103 e. The Morgan fingerprint density at radius 1 is 0.952 bits per heavy atom. The molecule has 0 atom stereocenters. The van der Waals surface area contributed by atoms with Crippen LogP contribution in [0.15, 0.2) is 60.0 Å². The Labute approximate surface area is 129 Å². The number of nitrogens with zero attached hydrogens (tertiary/aromatic N) is 1. The molecule has 0 aliphatic carbocycles. The fourth-order valence-corrected chi connectivity index (χ4v) is 3.36. The molecule has 0 saturated heterocycles. The highest BCUT2D eigenvalue weighted by atomic mass is 32.1. The summed E-state index contributed by atoms with van der Waals surface area (Å²) in [5, 5.41) is 3.19. The second kappa shape index (κ2) is 5.34. The molecule has 2 aromatic carbocycles. The summed E-state index contributed by atoms with van der Waals surface area (Å²) < 4.78 is 0. The second-order valence-electron chi connectivity index (χ2n) is 5.62. The van der Waals surface area contributed by atoms with Gasteiger partial charge in [0.1, 0.15) is 5.01 Å². The van der Waals surface area contributed by atoms with Gasteiger partial charge in [0.05, 0.1) is 5.69 Å². The zero-order valence-corrected chi connectivity index (χ0v) is 13.0. The van der Waals surface area contributed by atoms with Crippen LogP contribution < -0.4 is 5.73 Å². The van der Waals surface area contributed by atoms with Gasteiger partial charge in [-0.1, -0.05) is 48.5 Å². The van der Waals surface area contributed by atoms with Gasteiger partial charge < -0.3 is 5.73 Å². The molecule has 3 aromatic rings. The van der Waals surface area contributed by atoms with Crippen molar-refractivity contribution in [2.45, 2.75) is 19.3 Å². The van der Waals surface area contributed by atoms with Crippen LogP contribution in [0.2, 0.25) is 0 Å². The zero-order chi connectivity index (χ0) is 14.9. The van der Waals surface area contributed by atoms with Gasteiger partial charge in [-0.2, -0.15) is 0 Å². The quantitative estimate of drug-likeness (QED) is 0.710. The fraction of sp³-hybridized carbons (Fsp3) is 0.167. The number of nitrogens with two attached hydrogens (primary N) is 1. The predicted octanol–water partition coefficient (Wildman–Crippen LogP) is 4.72. The number of rotatable bonds is 3. The van der Waals surface area contributed by atoms with Crippen molar-refractivity contribution < 1.29 is 0 Å². The first-order valence-electron chi connectivity index (χ1n) is 6.95. The monoisotopic (exact) mass is 294 g/mol. The topological polar surface area (TPSA) is 38.9 Å². The summed E-state index contributed by atoms with van der Waals surface area (Å²) in [5.41, 5.74) is 9.94. The number of hydrogen-bond acceptors (Lipinski definition) is 3. The van der Waals surface area contributed by atoms with Crippen molar-refractivity contribution in [3.05, 3.63) is 70.5 Å². The van der Waals surface area contributed by atoms with Crippen LogP contribution in [0.4, 0.5) is 5.69 Å². The lowest BCUT2D eigenvalue weighted by Crippen LogP contribution is -2.18. The van der Waals surface area contributed by atoms with E-state index in [1.165, 1.54) is 5.56 Å². The van der Waals surface area contributed by atoms with Gasteiger partial charge in [0, 0.05) is 22.0 Å². The van der Waals surface area contributed by atoms with Gasteiger partial charge in [-0.3, -0.25) is 0 Å². The Kier molecular flexibility index (Phi) is 3.52. The Balaban J connectivity index is 2.01. The third-order valence-corrected chi connectivity index (χ3v) is 4.94. The highest BCUT2D eigenvalue weighted by molar-refractivity contribution is 7.10. The van der Waals surface area contributed by atoms with Crippen LogP contribution in [0, 0.1) is 0 Å². The number of hydrogen-bond donors (Lipinski definition) is 1. The molecule has 0 fully saturated rings. The van der Waals surface area contributed by atoms with Crippen molar-refractivity contribution in [1.29, 1.82) is 0 Å². The van der Waals surface area contributed by atoms with E-state index in [0.29, 0.717) is 0 Å². The third kappa shape index (κ3) is 2.57. The van der Waals surface area contributed by atoms with Crippen LogP contribution >= 0.6 is 11.3 Å².